The van der Waals surface area contributed by atoms with E-state index >= 15 is 0 Å². The number of rotatable bonds is 5. The number of nitrogens with zero attached hydrogens (tertiary/aromatic N) is 2. The Morgan fingerprint density at radius 1 is 1.28 bits per heavy atom. The third-order valence-electron chi connectivity index (χ3n) is 4.14. The van der Waals surface area contributed by atoms with Gasteiger partial charge in [0, 0.05) is 19.6 Å². The molecule has 2 rings (SSSR count). The molecule has 6 nitrogen and oxygen atoms in total. The van der Waals surface area contributed by atoms with E-state index in [1.807, 2.05) is 32.9 Å². The summed E-state index contributed by atoms with van der Waals surface area (Å²) < 4.78 is 5.42. The summed E-state index contributed by atoms with van der Waals surface area (Å²) in [4.78, 5) is 27.6. The largest absolute Gasteiger partial charge is 0.444 e. The van der Waals surface area contributed by atoms with Crippen LogP contribution in [0.15, 0.2) is 29.3 Å². The summed E-state index contributed by atoms with van der Waals surface area (Å²) in [6.45, 7) is 8.87. The van der Waals surface area contributed by atoms with Crippen LogP contribution in [0.25, 0.3) is 0 Å². The fourth-order valence-electron chi connectivity index (χ4n) is 2.81. The average molecular weight is 345 g/mol. The molecule has 0 radical (unpaired) electrons. The predicted molar refractivity (Wildman–Crippen MR) is 96.5 cm³/mol. The molecule has 1 aliphatic rings. The van der Waals surface area contributed by atoms with Crippen molar-refractivity contribution in [1.82, 2.24) is 10.2 Å². The van der Waals surface area contributed by atoms with Gasteiger partial charge in [-0.1, -0.05) is 12.1 Å². The number of aliphatic imine (C=N–C) groups is 1. The molecule has 0 bridgehead atoms. The van der Waals surface area contributed by atoms with Crippen LogP contribution >= 0.6 is 0 Å². The van der Waals surface area contributed by atoms with Gasteiger partial charge in [-0.05, 0) is 63.8 Å². The zero-order valence-corrected chi connectivity index (χ0v) is 15.2. The van der Waals surface area contributed by atoms with E-state index in [1.165, 1.54) is 6.08 Å². The van der Waals surface area contributed by atoms with Crippen LogP contribution in [0.4, 0.5) is 10.5 Å². The number of isocyanates is 1. The van der Waals surface area contributed by atoms with E-state index in [0.717, 1.165) is 44.6 Å². The fourth-order valence-corrected chi connectivity index (χ4v) is 2.81. The third-order valence-corrected chi connectivity index (χ3v) is 4.14. The summed E-state index contributed by atoms with van der Waals surface area (Å²) in [6.07, 6.45) is 3.30. The number of amides is 1. The zero-order valence-electron chi connectivity index (χ0n) is 15.2. The highest BCUT2D eigenvalue weighted by atomic mass is 16.6. The summed E-state index contributed by atoms with van der Waals surface area (Å²) >= 11 is 0. The van der Waals surface area contributed by atoms with Gasteiger partial charge < -0.3 is 15.0 Å². The zero-order chi connectivity index (χ0) is 18.3. The van der Waals surface area contributed by atoms with Crippen LogP contribution < -0.4 is 5.32 Å². The Morgan fingerprint density at radius 2 is 1.92 bits per heavy atom. The minimum absolute atomic E-state index is 0.211. The Labute approximate surface area is 149 Å². The molecule has 0 unspecified atom stereocenters. The third kappa shape index (κ3) is 6.69. The fraction of sp³-hybridized carbons (Fsp3) is 0.579. The van der Waals surface area contributed by atoms with E-state index in [4.69, 9.17) is 4.74 Å². The lowest BCUT2D eigenvalue weighted by molar-refractivity contribution is 0.0184. The van der Waals surface area contributed by atoms with Crippen LogP contribution in [-0.2, 0) is 16.1 Å². The van der Waals surface area contributed by atoms with E-state index in [-0.39, 0.29) is 6.09 Å². The maximum absolute atomic E-state index is 12.0. The molecule has 1 fully saturated rings. The SMILES string of the molecule is CC(C)(C)OC(=O)N1CCC(CNCc2ccc(N=C=O)cc2)CC1. The Morgan fingerprint density at radius 3 is 2.48 bits per heavy atom. The van der Waals surface area contributed by atoms with Gasteiger partial charge in [-0.2, -0.15) is 4.99 Å². The van der Waals surface area contributed by atoms with Gasteiger partial charge >= 0.3 is 6.09 Å². The van der Waals surface area contributed by atoms with Crippen LogP contribution in [0, 0.1) is 5.92 Å². The van der Waals surface area contributed by atoms with Crippen molar-refractivity contribution in [2.24, 2.45) is 10.9 Å². The number of likely N-dealkylation sites (tertiary alicyclic amines) is 1. The predicted octanol–water partition coefficient (Wildman–Crippen LogP) is 3.39. The molecule has 136 valence electrons. The van der Waals surface area contributed by atoms with E-state index in [1.54, 1.807) is 17.0 Å². The molecule has 1 N–H and O–H groups in total. The second kappa shape index (κ2) is 8.79. The van der Waals surface area contributed by atoms with Gasteiger partial charge in [0.2, 0.25) is 6.08 Å². The van der Waals surface area contributed by atoms with Crippen molar-refractivity contribution in [3.05, 3.63) is 29.8 Å². The van der Waals surface area contributed by atoms with Gasteiger partial charge in [-0.3, -0.25) is 0 Å². The van der Waals surface area contributed by atoms with Crippen LogP contribution in [0.5, 0.6) is 0 Å². The van der Waals surface area contributed by atoms with Crippen molar-refractivity contribution in [3.8, 4) is 0 Å². The molecular weight excluding hydrogens is 318 g/mol. The van der Waals surface area contributed by atoms with Crippen molar-refractivity contribution in [1.29, 1.82) is 0 Å². The molecule has 0 aliphatic carbocycles. The molecule has 0 aromatic heterocycles. The summed E-state index contributed by atoms with van der Waals surface area (Å²) in [5.41, 5.74) is 1.33. The van der Waals surface area contributed by atoms with Crippen molar-refractivity contribution >= 4 is 17.9 Å². The number of hydrogen-bond donors (Lipinski definition) is 1. The second-order valence-corrected chi connectivity index (χ2v) is 7.41. The summed E-state index contributed by atoms with van der Waals surface area (Å²) in [5, 5.41) is 3.46. The first kappa shape index (κ1) is 19.2. The minimum Gasteiger partial charge on any atom is -0.444 e. The monoisotopic (exact) mass is 345 g/mol. The van der Waals surface area contributed by atoms with Crippen molar-refractivity contribution in [2.45, 2.75) is 45.8 Å². The molecular formula is C19H27N3O3. The van der Waals surface area contributed by atoms with Crippen LogP contribution in [0.3, 0.4) is 0 Å². The van der Waals surface area contributed by atoms with Gasteiger partial charge in [0.1, 0.15) is 5.60 Å². The Hall–Kier alpha value is -2.17. The normalized spacial score (nSPS) is 15.6. The first-order chi connectivity index (χ1) is 11.9. The first-order valence-corrected chi connectivity index (χ1v) is 8.73. The Balaban J connectivity index is 1.68. The van der Waals surface area contributed by atoms with Gasteiger partial charge in [0.05, 0.1) is 5.69 Å². The van der Waals surface area contributed by atoms with E-state index in [0.29, 0.717) is 11.6 Å². The van der Waals surface area contributed by atoms with Crippen LogP contribution in [0.2, 0.25) is 0 Å². The smallest absolute Gasteiger partial charge is 0.410 e. The lowest BCUT2D eigenvalue weighted by atomic mass is 9.97. The molecule has 25 heavy (non-hydrogen) atoms. The first-order valence-electron chi connectivity index (χ1n) is 8.73. The Kier molecular flexibility index (Phi) is 6.73. The van der Waals surface area contributed by atoms with Crippen LogP contribution in [-0.4, -0.2) is 42.3 Å². The number of nitrogens with one attached hydrogen (secondary N) is 1. The van der Waals surface area contributed by atoms with E-state index in [2.05, 4.69) is 10.3 Å². The quantitative estimate of drug-likeness (QED) is 0.656. The Bertz CT molecular complexity index is 608. The summed E-state index contributed by atoms with van der Waals surface area (Å²) in [6, 6.07) is 7.52. The number of hydrogen-bond acceptors (Lipinski definition) is 5. The standard InChI is InChI=1S/C19H27N3O3/c1-19(2,3)25-18(24)22-10-8-16(9-11-22)13-20-12-15-4-6-17(7-5-15)21-14-23/h4-7,16,20H,8-13H2,1-3H3. The average Bonchev–Trinajstić information content (AvgIpc) is 2.56. The molecule has 0 spiro atoms. The number of carbonyl (C=O) groups excluding carboxylic acids is 2. The minimum atomic E-state index is -0.442. The highest BCUT2D eigenvalue weighted by molar-refractivity contribution is 5.68. The van der Waals surface area contributed by atoms with Crippen molar-refractivity contribution in [2.75, 3.05) is 19.6 Å². The molecule has 6 heteroatoms. The maximum Gasteiger partial charge on any atom is 0.410 e. The number of ether oxygens (including phenoxy) is 1. The topological polar surface area (TPSA) is 71.0 Å². The number of carbonyl (C=O) groups is 1. The highest BCUT2D eigenvalue weighted by Gasteiger charge is 2.26. The number of benzene rings is 1. The molecule has 0 atom stereocenters. The lowest BCUT2D eigenvalue weighted by Crippen LogP contribution is -2.43. The van der Waals surface area contributed by atoms with Gasteiger partial charge in [-0.15, -0.1) is 0 Å². The van der Waals surface area contributed by atoms with Crippen LogP contribution in [0.1, 0.15) is 39.2 Å². The molecule has 1 saturated heterocycles. The van der Waals surface area contributed by atoms with Crippen molar-refractivity contribution < 1.29 is 14.3 Å². The summed E-state index contributed by atoms with van der Waals surface area (Å²) in [7, 11) is 0. The molecule has 1 aromatic rings. The van der Waals surface area contributed by atoms with E-state index < -0.39 is 5.60 Å². The van der Waals surface area contributed by atoms with Crippen molar-refractivity contribution in [3.63, 3.8) is 0 Å². The van der Waals surface area contributed by atoms with E-state index in [9.17, 15) is 9.59 Å². The lowest BCUT2D eigenvalue weighted by Gasteiger charge is -2.33. The molecule has 0 saturated carbocycles. The molecule has 1 heterocycles. The van der Waals surface area contributed by atoms with Gasteiger partial charge in [0.15, 0.2) is 0 Å². The highest BCUT2D eigenvalue weighted by Crippen LogP contribution is 2.19. The van der Waals surface area contributed by atoms with Gasteiger partial charge in [-0.25, -0.2) is 9.59 Å². The maximum atomic E-state index is 12.0. The van der Waals surface area contributed by atoms with Gasteiger partial charge in [0.25, 0.3) is 0 Å². The summed E-state index contributed by atoms with van der Waals surface area (Å²) in [5.74, 6) is 0.567. The number of piperidine rings is 1. The second-order valence-electron chi connectivity index (χ2n) is 7.41. The molecule has 1 amide bonds. The molecule has 1 aromatic carbocycles. The molecule has 1 aliphatic heterocycles.